The van der Waals surface area contributed by atoms with E-state index in [0.29, 0.717) is 5.90 Å². The first-order valence-electron chi connectivity index (χ1n) is 6.99. The molecule has 0 aliphatic carbocycles. The molecule has 0 amide bonds. The highest BCUT2D eigenvalue weighted by atomic mass is 16.8. The molecule has 0 aromatic heterocycles. The van der Waals surface area contributed by atoms with Crippen molar-refractivity contribution in [2.45, 2.75) is 38.6 Å². The topological polar surface area (TPSA) is 40.0 Å². The molecule has 1 aromatic carbocycles. The van der Waals surface area contributed by atoms with Crippen LogP contribution < -0.4 is 0 Å². The van der Waals surface area contributed by atoms with Gasteiger partial charge in [0.2, 0.25) is 6.29 Å². The predicted molar refractivity (Wildman–Crippen MR) is 78.4 cm³/mol. The van der Waals surface area contributed by atoms with Crippen molar-refractivity contribution in [1.29, 1.82) is 0 Å². The van der Waals surface area contributed by atoms with Gasteiger partial charge in [-0.25, -0.2) is 0 Å². The van der Waals surface area contributed by atoms with Gasteiger partial charge in [0.1, 0.15) is 6.10 Å². The van der Waals surface area contributed by atoms with Crippen LogP contribution in [0.4, 0.5) is 0 Å². The van der Waals surface area contributed by atoms with Crippen molar-refractivity contribution in [3.63, 3.8) is 0 Å². The van der Waals surface area contributed by atoms with Gasteiger partial charge in [-0.1, -0.05) is 30.9 Å². The normalized spacial score (nSPS) is 21.1. The van der Waals surface area contributed by atoms with E-state index in [9.17, 15) is 0 Å². The molecule has 2 unspecified atom stereocenters. The molecular formula is C16H21NO3. The van der Waals surface area contributed by atoms with E-state index in [1.807, 2.05) is 37.3 Å². The zero-order valence-electron chi connectivity index (χ0n) is 11.8. The van der Waals surface area contributed by atoms with Crippen LogP contribution in [0.5, 0.6) is 0 Å². The number of ether oxygens (including phenoxy) is 2. The van der Waals surface area contributed by atoms with Crippen LogP contribution in [-0.4, -0.2) is 24.9 Å². The van der Waals surface area contributed by atoms with Crippen LogP contribution in [0.25, 0.3) is 0 Å². The lowest BCUT2D eigenvalue weighted by Crippen LogP contribution is -2.22. The summed E-state index contributed by atoms with van der Waals surface area (Å²) in [6.07, 6.45) is 4.36. The molecule has 0 spiro atoms. The third-order valence-electron chi connectivity index (χ3n) is 3.04. The highest BCUT2D eigenvalue weighted by Crippen LogP contribution is 2.15. The third-order valence-corrected chi connectivity index (χ3v) is 3.04. The van der Waals surface area contributed by atoms with E-state index < -0.39 is 0 Å². The fourth-order valence-electron chi connectivity index (χ4n) is 1.85. The molecule has 0 radical (unpaired) electrons. The summed E-state index contributed by atoms with van der Waals surface area (Å²) in [6, 6.07) is 9.68. The Morgan fingerprint density at radius 1 is 1.40 bits per heavy atom. The Labute approximate surface area is 120 Å². The Balaban J connectivity index is 2.06. The molecule has 1 aliphatic heterocycles. The average Bonchev–Trinajstić information content (AvgIpc) is 2.53. The van der Waals surface area contributed by atoms with Crippen molar-refractivity contribution < 1.29 is 14.3 Å². The number of oxime groups is 1. The molecule has 1 aromatic rings. The van der Waals surface area contributed by atoms with Crippen molar-refractivity contribution in [3.05, 3.63) is 48.6 Å². The van der Waals surface area contributed by atoms with Crippen LogP contribution in [-0.2, 0) is 14.3 Å². The predicted octanol–water partition coefficient (Wildman–Crippen LogP) is 3.48. The van der Waals surface area contributed by atoms with Crippen molar-refractivity contribution in [1.82, 2.24) is 0 Å². The molecule has 108 valence electrons. The van der Waals surface area contributed by atoms with Gasteiger partial charge < -0.3 is 14.3 Å². The number of rotatable bonds is 5. The first-order valence-corrected chi connectivity index (χ1v) is 6.99. The molecule has 1 fully saturated rings. The van der Waals surface area contributed by atoms with E-state index in [2.05, 4.69) is 11.7 Å². The van der Waals surface area contributed by atoms with Crippen LogP contribution in [0.3, 0.4) is 0 Å². The van der Waals surface area contributed by atoms with Gasteiger partial charge in [0.15, 0.2) is 0 Å². The van der Waals surface area contributed by atoms with Crippen LogP contribution in [0.15, 0.2) is 48.1 Å². The summed E-state index contributed by atoms with van der Waals surface area (Å²) in [5, 5.41) is 4.13. The summed E-state index contributed by atoms with van der Waals surface area (Å²) in [7, 11) is 0. The largest absolute Gasteiger partial charge is 0.468 e. The monoisotopic (exact) mass is 275 g/mol. The minimum absolute atomic E-state index is 0.134. The maximum Gasteiger partial charge on any atom is 0.258 e. The van der Waals surface area contributed by atoms with Crippen LogP contribution >= 0.6 is 0 Å². The number of benzene rings is 1. The molecule has 2 rings (SSSR count). The quantitative estimate of drug-likeness (QED) is 0.357. The van der Waals surface area contributed by atoms with Crippen LogP contribution in [0.2, 0.25) is 0 Å². The summed E-state index contributed by atoms with van der Waals surface area (Å²) in [6.45, 7) is 6.34. The lowest BCUT2D eigenvalue weighted by molar-refractivity contribution is -0.163. The summed E-state index contributed by atoms with van der Waals surface area (Å²) >= 11 is 0. The molecule has 2 atom stereocenters. The second-order valence-electron chi connectivity index (χ2n) is 4.72. The molecule has 1 heterocycles. The van der Waals surface area contributed by atoms with Gasteiger partial charge in [0, 0.05) is 12.0 Å². The Morgan fingerprint density at radius 2 is 2.20 bits per heavy atom. The highest BCUT2D eigenvalue weighted by Gasteiger charge is 2.16. The van der Waals surface area contributed by atoms with E-state index in [4.69, 9.17) is 14.3 Å². The molecule has 4 nitrogen and oxygen atoms in total. The second-order valence-corrected chi connectivity index (χ2v) is 4.72. The van der Waals surface area contributed by atoms with E-state index in [1.54, 1.807) is 6.08 Å². The van der Waals surface area contributed by atoms with Crippen molar-refractivity contribution in [2.24, 2.45) is 5.16 Å². The first-order chi connectivity index (χ1) is 9.79. The zero-order valence-corrected chi connectivity index (χ0v) is 11.8. The fourth-order valence-corrected chi connectivity index (χ4v) is 1.85. The minimum atomic E-state index is -0.273. The highest BCUT2D eigenvalue weighted by molar-refractivity contribution is 5.93. The van der Waals surface area contributed by atoms with Gasteiger partial charge in [-0.2, -0.15) is 0 Å². The molecule has 4 heteroatoms. The summed E-state index contributed by atoms with van der Waals surface area (Å²) < 4.78 is 11.2. The van der Waals surface area contributed by atoms with Gasteiger partial charge in [-0.3, -0.25) is 0 Å². The Hall–Kier alpha value is -1.81. The van der Waals surface area contributed by atoms with Gasteiger partial charge in [0.25, 0.3) is 5.90 Å². The minimum Gasteiger partial charge on any atom is -0.468 e. The van der Waals surface area contributed by atoms with E-state index in [0.717, 1.165) is 31.4 Å². The van der Waals surface area contributed by atoms with E-state index in [-0.39, 0.29) is 12.4 Å². The van der Waals surface area contributed by atoms with Gasteiger partial charge in [-0.05, 0) is 37.1 Å². The maximum absolute atomic E-state index is 5.73. The average molecular weight is 275 g/mol. The van der Waals surface area contributed by atoms with Gasteiger partial charge in [0.05, 0.1) is 6.61 Å². The van der Waals surface area contributed by atoms with Gasteiger partial charge >= 0.3 is 0 Å². The van der Waals surface area contributed by atoms with Crippen molar-refractivity contribution in [2.75, 3.05) is 6.61 Å². The van der Waals surface area contributed by atoms with Crippen molar-refractivity contribution in [3.8, 4) is 0 Å². The summed E-state index contributed by atoms with van der Waals surface area (Å²) in [5.41, 5.74) is 0.872. The van der Waals surface area contributed by atoms with E-state index in [1.165, 1.54) is 0 Å². The standard InChI is InChI=1S/C16H21NO3/c1-3-13(2)19-16(14-9-5-4-6-10-14)17-20-15-11-7-8-12-18-15/h3-6,9-10,13,15H,1,7-8,11-12H2,2H3/b17-16+. The molecule has 0 bridgehead atoms. The smallest absolute Gasteiger partial charge is 0.258 e. The lowest BCUT2D eigenvalue weighted by Gasteiger charge is -2.21. The Bertz CT molecular complexity index is 438. The fraction of sp³-hybridized carbons (Fsp3) is 0.438. The second kappa shape index (κ2) is 7.70. The zero-order chi connectivity index (χ0) is 14.2. The first kappa shape index (κ1) is 14.6. The van der Waals surface area contributed by atoms with E-state index >= 15 is 0 Å². The molecular weight excluding hydrogens is 254 g/mol. The van der Waals surface area contributed by atoms with Crippen molar-refractivity contribution >= 4 is 5.90 Å². The number of nitrogens with zero attached hydrogens (tertiary/aromatic N) is 1. The number of hydrogen-bond donors (Lipinski definition) is 0. The maximum atomic E-state index is 5.73. The third kappa shape index (κ3) is 4.38. The Morgan fingerprint density at radius 3 is 2.85 bits per heavy atom. The lowest BCUT2D eigenvalue weighted by atomic mass is 10.2. The summed E-state index contributed by atoms with van der Waals surface area (Å²) in [4.78, 5) is 5.45. The molecule has 0 N–H and O–H groups in total. The Kier molecular flexibility index (Phi) is 5.62. The molecule has 20 heavy (non-hydrogen) atoms. The molecule has 0 saturated carbocycles. The summed E-state index contributed by atoms with van der Waals surface area (Å²) in [5.74, 6) is 0.451. The molecule has 1 saturated heterocycles. The molecule has 1 aliphatic rings. The SMILES string of the molecule is C=CC(C)O/C(=N/OC1CCCCO1)c1ccccc1. The van der Waals surface area contributed by atoms with Crippen LogP contribution in [0, 0.1) is 0 Å². The van der Waals surface area contributed by atoms with Crippen LogP contribution in [0.1, 0.15) is 31.7 Å². The van der Waals surface area contributed by atoms with Gasteiger partial charge in [-0.15, -0.1) is 0 Å². The number of hydrogen-bond acceptors (Lipinski definition) is 4.